The summed E-state index contributed by atoms with van der Waals surface area (Å²) in [6.45, 7) is 3.70. The molecule has 2 aromatic heterocycles. The third kappa shape index (κ3) is 2.95. The number of halogens is 1. The molecule has 28 heavy (non-hydrogen) atoms. The first-order chi connectivity index (χ1) is 13.3. The molecular formula is C20H16ClN5O2. The third-order valence-corrected chi connectivity index (χ3v) is 4.72. The number of aromatic amines is 1. The highest BCUT2D eigenvalue weighted by molar-refractivity contribution is 6.31. The monoisotopic (exact) mass is 393 g/mol. The standard InChI is InChI=1S/C20H16ClN5O2/c1-10-4-3-5-13(18(22)27)17(10)16-8-11(2)25-26(16)20-23-15-7-6-12(21)9-14(15)19(28)24-20/h3-9H,1-2H3,(H2,22,27)(H,23,24,28). The van der Waals surface area contributed by atoms with E-state index in [0.29, 0.717) is 38.4 Å². The van der Waals surface area contributed by atoms with E-state index in [1.807, 2.05) is 26.0 Å². The van der Waals surface area contributed by atoms with Crippen LogP contribution in [0.1, 0.15) is 21.6 Å². The normalized spacial score (nSPS) is 11.1. The molecule has 0 saturated heterocycles. The Morgan fingerprint density at radius 3 is 2.71 bits per heavy atom. The van der Waals surface area contributed by atoms with Gasteiger partial charge in [0.05, 0.1) is 22.3 Å². The smallest absolute Gasteiger partial charge is 0.260 e. The summed E-state index contributed by atoms with van der Waals surface area (Å²) in [5.41, 5.74) is 8.92. The number of aryl methyl sites for hydroxylation is 2. The topological polar surface area (TPSA) is 107 Å². The van der Waals surface area contributed by atoms with Gasteiger partial charge >= 0.3 is 0 Å². The zero-order chi connectivity index (χ0) is 20.0. The van der Waals surface area contributed by atoms with Crippen molar-refractivity contribution in [1.82, 2.24) is 19.7 Å². The maximum atomic E-state index is 12.6. The van der Waals surface area contributed by atoms with E-state index < -0.39 is 5.91 Å². The SMILES string of the molecule is Cc1cc(-c2c(C)cccc2C(N)=O)n(-c2nc3ccc(Cl)cc3c(=O)[nH]2)n1. The van der Waals surface area contributed by atoms with E-state index >= 15 is 0 Å². The van der Waals surface area contributed by atoms with Gasteiger partial charge in [-0.15, -0.1) is 0 Å². The van der Waals surface area contributed by atoms with Gasteiger partial charge < -0.3 is 5.73 Å². The highest BCUT2D eigenvalue weighted by Gasteiger charge is 2.19. The highest BCUT2D eigenvalue weighted by Crippen LogP contribution is 2.29. The molecule has 8 heteroatoms. The first kappa shape index (κ1) is 17.9. The number of amides is 1. The Morgan fingerprint density at radius 2 is 1.96 bits per heavy atom. The van der Waals surface area contributed by atoms with Crippen LogP contribution in [0.4, 0.5) is 0 Å². The maximum Gasteiger partial charge on any atom is 0.260 e. The largest absolute Gasteiger partial charge is 0.366 e. The van der Waals surface area contributed by atoms with Gasteiger partial charge in [-0.05, 0) is 49.7 Å². The van der Waals surface area contributed by atoms with E-state index in [0.717, 1.165) is 5.56 Å². The number of benzene rings is 2. The Hall–Kier alpha value is -3.45. The number of carbonyl (C=O) groups excluding carboxylic acids is 1. The summed E-state index contributed by atoms with van der Waals surface area (Å²) in [5, 5.41) is 5.31. The second-order valence-electron chi connectivity index (χ2n) is 6.50. The second kappa shape index (κ2) is 6.61. The van der Waals surface area contributed by atoms with E-state index in [4.69, 9.17) is 17.3 Å². The number of hydrogen-bond acceptors (Lipinski definition) is 4. The van der Waals surface area contributed by atoms with Crippen LogP contribution in [0.5, 0.6) is 0 Å². The lowest BCUT2D eigenvalue weighted by molar-refractivity contribution is 0.100. The molecule has 0 radical (unpaired) electrons. The van der Waals surface area contributed by atoms with Gasteiger partial charge in [-0.3, -0.25) is 14.6 Å². The van der Waals surface area contributed by atoms with Crippen molar-refractivity contribution in [3.05, 3.63) is 74.7 Å². The van der Waals surface area contributed by atoms with Crippen molar-refractivity contribution in [3.63, 3.8) is 0 Å². The number of primary amides is 1. The van der Waals surface area contributed by atoms with Crippen LogP contribution in [-0.2, 0) is 0 Å². The van der Waals surface area contributed by atoms with Gasteiger partial charge in [0.25, 0.3) is 5.56 Å². The van der Waals surface area contributed by atoms with Crippen molar-refractivity contribution in [2.24, 2.45) is 5.73 Å². The van der Waals surface area contributed by atoms with Gasteiger partial charge in [0.15, 0.2) is 0 Å². The fourth-order valence-electron chi connectivity index (χ4n) is 3.25. The van der Waals surface area contributed by atoms with Gasteiger partial charge in [-0.1, -0.05) is 23.7 Å². The van der Waals surface area contributed by atoms with Gasteiger partial charge in [0.1, 0.15) is 0 Å². The van der Waals surface area contributed by atoms with Crippen molar-refractivity contribution >= 4 is 28.4 Å². The number of H-pyrrole nitrogens is 1. The molecule has 0 aliphatic heterocycles. The zero-order valence-corrected chi connectivity index (χ0v) is 15.9. The maximum absolute atomic E-state index is 12.6. The van der Waals surface area contributed by atoms with E-state index in [-0.39, 0.29) is 11.5 Å². The summed E-state index contributed by atoms with van der Waals surface area (Å²) < 4.78 is 1.51. The van der Waals surface area contributed by atoms with Crippen LogP contribution in [0.3, 0.4) is 0 Å². The summed E-state index contributed by atoms with van der Waals surface area (Å²) in [5.74, 6) is -0.305. The highest BCUT2D eigenvalue weighted by atomic mass is 35.5. The predicted molar refractivity (Wildman–Crippen MR) is 108 cm³/mol. The summed E-state index contributed by atoms with van der Waals surface area (Å²) >= 11 is 5.98. The van der Waals surface area contributed by atoms with Gasteiger partial charge in [0.2, 0.25) is 11.9 Å². The minimum atomic E-state index is -0.543. The quantitative estimate of drug-likeness (QED) is 0.557. The van der Waals surface area contributed by atoms with Crippen LogP contribution in [-0.4, -0.2) is 25.7 Å². The van der Waals surface area contributed by atoms with Crippen molar-refractivity contribution in [3.8, 4) is 17.2 Å². The molecule has 0 aliphatic carbocycles. The molecule has 4 aromatic rings. The molecule has 1 amide bonds. The lowest BCUT2D eigenvalue weighted by Crippen LogP contribution is -2.17. The van der Waals surface area contributed by atoms with Crippen LogP contribution in [0.2, 0.25) is 5.02 Å². The van der Waals surface area contributed by atoms with Gasteiger partial charge in [-0.2, -0.15) is 9.78 Å². The predicted octanol–water partition coefficient (Wildman–Crippen LogP) is 3.14. The molecule has 4 rings (SSSR count). The van der Waals surface area contributed by atoms with Crippen LogP contribution in [0, 0.1) is 13.8 Å². The van der Waals surface area contributed by atoms with Gasteiger partial charge in [0, 0.05) is 16.1 Å². The summed E-state index contributed by atoms with van der Waals surface area (Å²) in [6.07, 6.45) is 0. The van der Waals surface area contributed by atoms with E-state index in [1.54, 1.807) is 30.3 Å². The minimum Gasteiger partial charge on any atom is -0.366 e. The molecule has 0 spiro atoms. The molecule has 0 bridgehead atoms. The van der Waals surface area contributed by atoms with Crippen molar-refractivity contribution in [2.75, 3.05) is 0 Å². The van der Waals surface area contributed by atoms with Crippen molar-refractivity contribution < 1.29 is 4.79 Å². The zero-order valence-electron chi connectivity index (χ0n) is 15.2. The molecule has 0 unspecified atom stereocenters. The average molecular weight is 394 g/mol. The number of carbonyl (C=O) groups is 1. The Morgan fingerprint density at radius 1 is 1.18 bits per heavy atom. The first-order valence-electron chi connectivity index (χ1n) is 8.51. The molecule has 3 N–H and O–H groups in total. The minimum absolute atomic E-state index is 0.238. The number of nitrogens with one attached hydrogen (secondary N) is 1. The summed E-state index contributed by atoms with van der Waals surface area (Å²) in [7, 11) is 0. The third-order valence-electron chi connectivity index (χ3n) is 4.48. The first-order valence-corrected chi connectivity index (χ1v) is 8.89. The Bertz CT molecular complexity index is 1310. The molecule has 0 saturated carbocycles. The molecule has 0 fully saturated rings. The Labute approximate surface area is 164 Å². The summed E-state index contributed by atoms with van der Waals surface area (Å²) in [6, 6.07) is 12.0. The molecule has 2 aromatic carbocycles. The van der Waals surface area contributed by atoms with Crippen LogP contribution in [0.15, 0.2) is 47.3 Å². The van der Waals surface area contributed by atoms with E-state index in [2.05, 4.69) is 15.1 Å². The fourth-order valence-corrected chi connectivity index (χ4v) is 3.42. The number of fused-ring (bicyclic) bond motifs is 1. The summed E-state index contributed by atoms with van der Waals surface area (Å²) in [4.78, 5) is 31.8. The number of nitrogens with two attached hydrogens (primary N) is 1. The molecule has 0 aliphatic rings. The fraction of sp³-hybridized carbons (Fsp3) is 0.100. The van der Waals surface area contributed by atoms with Crippen molar-refractivity contribution in [2.45, 2.75) is 13.8 Å². The van der Waals surface area contributed by atoms with Crippen LogP contribution < -0.4 is 11.3 Å². The number of aromatic nitrogens is 4. The van der Waals surface area contributed by atoms with E-state index in [9.17, 15) is 9.59 Å². The van der Waals surface area contributed by atoms with Crippen LogP contribution >= 0.6 is 11.6 Å². The van der Waals surface area contributed by atoms with E-state index in [1.165, 1.54) is 4.68 Å². The lowest BCUT2D eigenvalue weighted by Gasteiger charge is -2.12. The molecule has 7 nitrogen and oxygen atoms in total. The van der Waals surface area contributed by atoms with Crippen LogP contribution in [0.25, 0.3) is 28.1 Å². The molecule has 2 heterocycles. The average Bonchev–Trinajstić information content (AvgIpc) is 3.03. The second-order valence-corrected chi connectivity index (χ2v) is 6.93. The molecule has 0 atom stereocenters. The molecular weight excluding hydrogens is 378 g/mol. The molecule has 140 valence electrons. The van der Waals surface area contributed by atoms with Gasteiger partial charge in [-0.25, -0.2) is 4.98 Å². The van der Waals surface area contributed by atoms with Crippen molar-refractivity contribution in [1.29, 1.82) is 0 Å². The number of nitrogens with zero attached hydrogens (tertiary/aromatic N) is 3. The Balaban J connectivity index is 2.01. The Kier molecular flexibility index (Phi) is 4.24. The number of rotatable bonds is 3. The lowest BCUT2D eigenvalue weighted by atomic mass is 9.98. The number of hydrogen-bond donors (Lipinski definition) is 2.